The van der Waals surface area contributed by atoms with Crippen LogP contribution in [-0.2, 0) is 52.2 Å². The lowest BCUT2D eigenvalue weighted by molar-refractivity contribution is -0.142. The normalized spacial score (nSPS) is 11.4. The molecule has 0 saturated heterocycles. The van der Waals surface area contributed by atoms with E-state index in [4.69, 9.17) is 52.5 Å². The van der Waals surface area contributed by atoms with E-state index in [0.717, 1.165) is 13.0 Å². The Labute approximate surface area is 228 Å². The highest BCUT2D eigenvalue weighted by atomic mass is 16.6. The monoisotopic (exact) mass is 556 g/mol. The molecule has 0 aliphatic rings. The van der Waals surface area contributed by atoms with E-state index in [2.05, 4.69) is 6.92 Å². The third kappa shape index (κ3) is 35.1. The summed E-state index contributed by atoms with van der Waals surface area (Å²) in [5.41, 5.74) is 0. The van der Waals surface area contributed by atoms with Crippen molar-refractivity contribution in [2.45, 2.75) is 32.6 Å². The molecule has 0 radical (unpaired) electrons. The molecule has 228 valence electrons. The van der Waals surface area contributed by atoms with Crippen molar-refractivity contribution in [2.24, 2.45) is 0 Å². The lowest BCUT2D eigenvalue weighted by Crippen LogP contribution is -2.15. The average Bonchev–Trinajstić information content (AvgIpc) is 2.91. The summed E-state index contributed by atoms with van der Waals surface area (Å²) < 4.78 is 53.6. The molecule has 0 atom stereocenters. The van der Waals surface area contributed by atoms with Crippen LogP contribution in [-0.4, -0.2) is 143 Å². The number of ether oxygens (including phenoxy) is 10. The third-order valence-electron chi connectivity index (χ3n) is 4.72. The lowest BCUT2D eigenvalue weighted by Gasteiger charge is -2.09. The van der Waals surface area contributed by atoms with Gasteiger partial charge < -0.3 is 52.5 Å². The van der Waals surface area contributed by atoms with Crippen molar-refractivity contribution in [3.8, 4) is 0 Å². The van der Waals surface area contributed by atoms with Gasteiger partial charge in [-0.25, -0.2) is 4.79 Å². The highest BCUT2D eigenvalue weighted by Crippen LogP contribution is 1.98. The minimum atomic E-state index is -0.992. The Morgan fingerprint density at radius 3 is 0.921 bits per heavy atom. The molecule has 0 aliphatic carbocycles. The molecular formula is C26H52O12. The van der Waals surface area contributed by atoms with Gasteiger partial charge in [-0.2, -0.15) is 0 Å². The van der Waals surface area contributed by atoms with Crippen molar-refractivity contribution in [1.29, 1.82) is 0 Å². The summed E-state index contributed by atoms with van der Waals surface area (Å²) in [6, 6.07) is 0. The number of unbranched alkanes of at least 4 members (excludes halogenated alkanes) is 3. The molecule has 12 heteroatoms. The van der Waals surface area contributed by atoms with Crippen LogP contribution in [0.3, 0.4) is 0 Å². The summed E-state index contributed by atoms with van der Waals surface area (Å²) >= 11 is 0. The van der Waals surface area contributed by atoms with E-state index in [1.807, 2.05) is 0 Å². The second-order valence-electron chi connectivity index (χ2n) is 8.02. The third-order valence-corrected chi connectivity index (χ3v) is 4.72. The van der Waals surface area contributed by atoms with E-state index in [0.29, 0.717) is 112 Å². The Morgan fingerprint density at radius 2 is 0.658 bits per heavy atom. The number of hydrogen-bond donors (Lipinski definition) is 1. The maximum absolute atomic E-state index is 10.2. The first kappa shape index (κ1) is 37.1. The van der Waals surface area contributed by atoms with E-state index < -0.39 is 5.97 Å². The number of carboxylic acid groups (broad SMARTS) is 1. The zero-order chi connectivity index (χ0) is 27.6. The van der Waals surface area contributed by atoms with Gasteiger partial charge in [-0.3, -0.25) is 0 Å². The lowest BCUT2D eigenvalue weighted by atomic mass is 10.2. The van der Waals surface area contributed by atoms with Gasteiger partial charge in [-0.05, 0) is 6.42 Å². The van der Waals surface area contributed by atoms with Gasteiger partial charge in [-0.15, -0.1) is 0 Å². The van der Waals surface area contributed by atoms with Crippen molar-refractivity contribution in [3.63, 3.8) is 0 Å². The van der Waals surface area contributed by atoms with Crippen molar-refractivity contribution >= 4 is 5.97 Å². The average molecular weight is 557 g/mol. The summed E-state index contributed by atoms with van der Waals surface area (Å²) in [6.45, 7) is 11.5. The molecule has 0 rings (SSSR count). The largest absolute Gasteiger partial charge is 0.480 e. The van der Waals surface area contributed by atoms with Crippen LogP contribution in [0.25, 0.3) is 0 Å². The first-order chi connectivity index (χ1) is 18.8. The summed E-state index contributed by atoms with van der Waals surface area (Å²) in [4.78, 5) is 10.2. The van der Waals surface area contributed by atoms with Crippen molar-refractivity contribution in [1.82, 2.24) is 0 Å². The van der Waals surface area contributed by atoms with Crippen LogP contribution in [0.5, 0.6) is 0 Å². The maximum atomic E-state index is 10.2. The van der Waals surface area contributed by atoms with Gasteiger partial charge in [0.2, 0.25) is 0 Å². The molecule has 0 heterocycles. The molecule has 0 aromatic rings. The minimum absolute atomic E-state index is 0.247. The smallest absolute Gasteiger partial charge is 0.329 e. The molecule has 0 aromatic carbocycles. The summed E-state index contributed by atoms with van der Waals surface area (Å²) in [5, 5.41) is 8.41. The van der Waals surface area contributed by atoms with Crippen molar-refractivity contribution < 1.29 is 57.3 Å². The van der Waals surface area contributed by atoms with Gasteiger partial charge in [-0.1, -0.05) is 26.2 Å². The number of hydrogen-bond acceptors (Lipinski definition) is 11. The fourth-order valence-electron chi connectivity index (χ4n) is 2.77. The Morgan fingerprint density at radius 1 is 0.395 bits per heavy atom. The maximum Gasteiger partial charge on any atom is 0.329 e. The predicted octanol–water partition coefficient (Wildman–Crippen LogP) is 1.82. The highest BCUT2D eigenvalue weighted by molar-refractivity contribution is 5.67. The van der Waals surface area contributed by atoms with Crippen LogP contribution in [0.15, 0.2) is 0 Å². The first-order valence-electron chi connectivity index (χ1n) is 13.8. The second-order valence-corrected chi connectivity index (χ2v) is 8.02. The second kappa shape index (κ2) is 34.1. The quantitative estimate of drug-likeness (QED) is 0.116. The van der Waals surface area contributed by atoms with Crippen molar-refractivity contribution in [2.75, 3.05) is 132 Å². The number of carboxylic acids is 1. The van der Waals surface area contributed by atoms with E-state index in [1.165, 1.54) is 19.3 Å². The Balaban J connectivity index is 3.02. The summed E-state index contributed by atoms with van der Waals surface area (Å²) in [5.74, 6) is -0.992. The summed E-state index contributed by atoms with van der Waals surface area (Å²) in [6.07, 6.45) is 4.88. The molecule has 0 bridgehead atoms. The standard InChI is InChI=1S/C26H52O12/c1-2-3-4-5-6-29-7-8-30-9-10-31-11-12-32-13-14-33-15-16-34-17-18-35-19-20-36-21-22-37-23-24-38-25-26(27)28/h2-25H2,1H3,(H,27,28). The van der Waals surface area contributed by atoms with E-state index >= 15 is 0 Å². The van der Waals surface area contributed by atoms with Crippen LogP contribution >= 0.6 is 0 Å². The fourth-order valence-corrected chi connectivity index (χ4v) is 2.77. The molecule has 0 saturated carbocycles. The van der Waals surface area contributed by atoms with Gasteiger partial charge >= 0.3 is 5.97 Å². The van der Waals surface area contributed by atoms with Crippen LogP contribution in [0.2, 0.25) is 0 Å². The van der Waals surface area contributed by atoms with Crippen LogP contribution in [0.1, 0.15) is 32.6 Å². The van der Waals surface area contributed by atoms with E-state index in [9.17, 15) is 4.79 Å². The van der Waals surface area contributed by atoms with Gasteiger partial charge in [0, 0.05) is 6.61 Å². The van der Waals surface area contributed by atoms with Gasteiger partial charge in [0.05, 0.1) is 119 Å². The molecular weight excluding hydrogens is 504 g/mol. The van der Waals surface area contributed by atoms with Crippen LogP contribution < -0.4 is 0 Å². The number of aliphatic carboxylic acids is 1. The Bertz CT molecular complexity index is 456. The highest BCUT2D eigenvalue weighted by Gasteiger charge is 1.97. The Kier molecular flexibility index (Phi) is 33.3. The molecule has 0 spiro atoms. The predicted molar refractivity (Wildman–Crippen MR) is 140 cm³/mol. The SMILES string of the molecule is CCCCCCOCCOCCOCCOCCOCCOCCOCCOCCOCCOCC(=O)O. The van der Waals surface area contributed by atoms with E-state index in [1.54, 1.807) is 0 Å². The van der Waals surface area contributed by atoms with E-state index in [-0.39, 0.29) is 13.2 Å². The topological polar surface area (TPSA) is 130 Å². The molecule has 0 amide bonds. The van der Waals surface area contributed by atoms with Crippen LogP contribution in [0, 0.1) is 0 Å². The first-order valence-corrected chi connectivity index (χ1v) is 13.8. The fraction of sp³-hybridized carbons (Fsp3) is 0.962. The van der Waals surface area contributed by atoms with Gasteiger partial charge in [0.15, 0.2) is 0 Å². The molecule has 1 N–H and O–H groups in total. The number of rotatable bonds is 34. The molecule has 0 aliphatic heterocycles. The Hall–Kier alpha value is -0.930. The van der Waals surface area contributed by atoms with Gasteiger partial charge in [0.25, 0.3) is 0 Å². The van der Waals surface area contributed by atoms with Crippen LogP contribution in [0.4, 0.5) is 0 Å². The number of carbonyl (C=O) groups is 1. The summed E-state index contributed by atoms with van der Waals surface area (Å²) in [7, 11) is 0. The zero-order valence-corrected chi connectivity index (χ0v) is 23.4. The molecule has 0 unspecified atom stereocenters. The molecule has 0 aromatic heterocycles. The molecule has 38 heavy (non-hydrogen) atoms. The minimum Gasteiger partial charge on any atom is -0.480 e. The molecule has 12 nitrogen and oxygen atoms in total. The van der Waals surface area contributed by atoms with Crippen molar-refractivity contribution in [3.05, 3.63) is 0 Å². The molecule has 0 fully saturated rings. The van der Waals surface area contributed by atoms with Gasteiger partial charge in [0.1, 0.15) is 6.61 Å². The zero-order valence-electron chi connectivity index (χ0n) is 23.4.